The third kappa shape index (κ3) is 2.65. The zero-order chi connectivity index (χ0) is 17.1. The molecule has 0 fully saturated rings. The highest BCUT2D eigenvalue weighted by molar-refractivity contribution is 6.09. The number of para-hydroxylation sites is 1. The maximum absolute atomic E-state index is 11.8. The maximum atomic E-state index is 11.8. The van der Waals surface area contributed by atoms with Gasteiger partial charge in [0.2, 0.25) is 0 Å². The lowest BCUT2D eigenvalue weighted by atomic mass is 10.1. The van der Waals surface area contributed by atoms with Crippen LogP contribution < -0.4 is 0 Å². The van der Waals surface area contributed by atoms with Crippen molar-refractivity contribution in [3.63, 3.8) is 0 Å². The third-order valence-corrected chi connectivity index (χ3v) is 4.04. The molecule has 120 valence electrons. The number of nitrogens with zero attached hydrogens (tertiary/aromatic N) is 2. The Balaban J connectivity index is 2.17. The Labute approximate surface area is 140 Å². The highest BCUT2D eigenvalue weighted by Crippen LogP contribution is 2.30. The number of ether oxygens (including phenoxy) is 1. The molecule has 4 heteroatoms. The molecule has 0 aliphatic rings. The van der Waals surface area contributed by atoms with Crippen LogP contribution in [-0.4, -0.2) is 17.1 Å². The first-order valence-electron chi connectivity index (χ1n) is 7.99. The van der Waals surface area contributed by atoms with Crippen molar-refractivity contribution in [1.29, 1.82) is 5.26 Å². The van der Waals surface area contributed by atoms with Gasteiger partial charge in [-0.3, -0.25) is 0 Å². The number of nitriles is 1. The Morgan fingerprint density at radius 3 is 2.62 bits per heavy atom. The first-order valence-corrected chi connectivity index (χ1v) is 7.99. The Morgan fingerprint density at radius 1 is 1.17 bits per heavy atom. The van der Waals surface area contributed by atoms with E-state index in [0.717, 1.165) is 23.0 Å². The molecule has 3 aromatic rings. The van der Waals surface area contributed by atoms with Gasteiger partial charge in [0.25, 0.3) is 0 Å². The van der Waals surface area contributed by atoms with Crippen molar-refractivity contribution < 1.29 is 9.53 Å². The van der Waals surface area contributed by atoms with Crippen LogP contribution in [0.25, 0.3) is 27.9 Å². The second-order valence-electron chi connectivity index (χ2n) is 5.43. The number of aryl methyl sites for hydroxylation is 1. The van der Waals surface area contributed by atoms with Crippen LogP contribution >= 0.6 is 0 Å². The third-order valence-electron chi connectivity index (χ3n) is 4.04. The summed E-state index contributed by atoms with van der Waals surface area (Å²) in [4.78, 5) is 11.8. The number of aromatic nitrogens is 1. The van der Waals surface area contributed by atoms with Crippen LogP contribution in [0.3, 0.4) is 0 Å². The number of fused-ring (bicyclic) bond motifs is 3. The lowest BCUT2D eigenvalue weighted by Crippen LogP contribution is -2.05. The number of benzene rings is 2. The largest absolute Gasteiger partial charge is 0.462 e. The minimum absolute atomic E-state index is 0.00966. The summed E-state index contributed by atoms with van der Waals surface area (Å²) in [6, 6.07) is 16.1. The molecule has 1 aromatic heterocycles. The molecule has 0 amide bonds. The summed E-state index contributed by atoms with van der Waals surface area (Å²) in [5.41, 5.74) is 3.15. The average molecular weight is 318 g/mol. The summed E-state index contributed by atoms with van der Waals surface area (Å²) in [7, 11) is 0. The van der Waals surface area contributed by atoms with Crippen LogP contribution in [-0.2, 0) is 16.1 Å². The molecule has 4 nitrogen and oxygen atoms in total. The fourth-order valence-corrected chi connectivity index (χ4v) is 3.01. The van der Waals surface area contributed by atoms with Gasteiger partial charge in [-0.15, -0.1) is 0 Å². The topological polar surface area (TPSA) is 55.0 Å². The van der Waals surface area contributed by atoms with Gasteiger partial charge in [-0.05, 0) is 43.7 Å². The van der Waals surface area contributed by atoms with Gasteiger partial charge in [0.1, 0.15) is 11.6 Å². The summed E-state index contributed by atoms with van der Waals surface area (Å²) < 4.78 is 7.17. The van der Waals surface area contributed by atoms with Crippen molar-refractivity contribution in [3.8, 4) is 6.07 Å². The molecule has 0 spiro atoms. The van der Waals surface area contributed by atoms with E-state index in [2.05, 4.69) is 23.6 Å². The number of hydrogen-bond donors (Lipinski definition) is 0. The van der Waals surface area contributed by atoms with E-state index in [-0.39, 0.29) is 12.2 Å². The van der Waals surface area contributed by atoms with E-state index in [1.54, 1.807) is 13.0 Å². The molecule has 1 heterocycles. The number of rotatable bonds is 4. The van der Waals surface area contributed by atoms with Gasteiger partial charge in [-0.1, -0.05) is 24.3 Å². The molecule has 2 aromatic carbocycles. The van der Waals surface area contributed by atoms with Gasteiger partial charge < -0.3 is 9.30 Å². The van der Waals surface area contributed by atoms with E-state index >= 15 is 0 Å². The molecule has 0 aliphatic carbocycles. The molecular formula is C20H18N2O2. The molecule has 0 saturated carbocycles. The Hall–Kier alpha value is -3.06. The van der Waals surface area contributed by atoms with Crippen LogP contribution in [0.2, 0.25) is 0 Å². The molecule has 0 aliphatic heterocycles. The van der Waals surface area contributed by atoms with Crippen LogP contribution in [0.5, 0.6) is 0 Å². The standard InChI is InChI=1S/C20H18N2O2/c1-3-22-18-8-6-5-7-16(18)17-12-14(9-10-19(17)22)11-15(13-21)20(23)24-4-2/h5-12H,3-4H2,1-2H3. The monoisotopic (exact) mass is 318 g/mol. The summed E-state index contributed by atoms with van der Waals surface area (Å²) in [6.07, 6.45) is 1.58. The lowest BCUT2D eigenvalue weighted by Gasteiger charge is -2.03. The quantitative estimate of drug-likeness (QED) is 0.410. The zero-order valence-corrected chi connectivity index (χ0v) is 13.7. The van der Waals surface area contributed by atoms with E-state index in [4.69, 9.17) is 4.74 Å². The second kappa shape index (κ2) is 6.59. The van der Waals surface area contributed by atoms with Crippen molar-refractivity contribution in [2.24, 2.45) is 0 Å². The second-order valence-corrected chi connectivity index (χ2v) is 5.43. The molecule has 0 radical (unpaired) electrons. The van der Waals surface area contributed by atoms with Crippen molar-refractivity contribution >= 4 is 33.9 Å². The van der Waals surface area contributed by atoms with Crippen LogP contribution in [0.1, 0.15) is 19.4 Å². The molecule has 24 heavy (non-hydrogen) atoms. The minimum Gasteiger partial charge on any atom is -0.462 e. The molecule has 0 N–H and O–H groups in total. The van der Waals surface area contributed by atoms with Gasteiger partial charge in [0.05, 0.1) is 6.61 Å². The number of carbonyl (C=O) groups excluding carboxylic acids is 1. The van der Waals surface area contributed by atoms with Crippen LogP contribution in [0, 0.1) is 11.3 Å². The fourth-order valence-electron chi connectivity index (χ4n) is 3.01. The van der Waals surface area contributed by atoms with Gasteiger partial charge in [-0.2, -0.15) is 5.26 Å². The predicted molar refractivity (Wildman–Crippen MR) is 95.3 cm³/mol. The highest BCUT2D eigenvalue weighted by atomic mass is 16.5. The summed E-state index contributed by atoms with van der Waals surface area (Å²) in [5, 5.41) is 11.5. The normalized spacial score (nSPS) is 11.6. The average Bonchev–Trinajstić information content (AvgIpc) is 2.93. The number of carbonyl (C=O) groups is 1. The number of esters is 1. The van der Waals surface area contributed by atoms with E-state index in [9.17, 15) is 10.1 Å². The molecule has 0 bridgehead atoms. The smallest absolute Gasteiger partial charge is 0.348 e. The fraction of sp³-hybridized carbons (Fsp3) is 0.200. The lowest BCUT2D eigenvalue weighted by molar-refractivity contribution is -0.137. The minimum atomic E-state index is -0.587. The maximum Gasteiger partial charge on any atom is 0.348 e. The van der Waals surface area contributed by atoms with Gasteiger partial charge in [-0.25, -0.2) is 4.79 Å². The van der Waals surface area contributed by atoms with Crippen molar-refractivity contribution in [1.82, 2.24) is 4.57 Å². The van der Waals surface area contributed by atoms with Gasteiger partial charge in [0, 0.05) is 28.4 Å². The van der Waals surface area contributed by atoms with Crippen LogP contribution in [0.15, 0.2) is 48.0 Å². The Bertz CT molecular complexity index is 990. The van der Waals surface area contributed by atoms with E-state index in [1.165, 1.54) is 10.9 Å². The van der Waals surface area contributed by atoms with E-state index in [1.807, 2.05) is 36.4 Å². The summed E-state index contributed by atoms with van der Waals surface area (Å²) in [5.74, 6) is -0.587. The number of hydrogen-bond acceptors (Lipinski definition) is 3. The predicted octanol–water partition coefficient (Wildman–Crippen LogP) is 4.28. The molecule has 0 saturated heterocycles. The Morgan fingerprint density at radius 2 is 1.92 bits per heavy atom. The van der Waals surface area contributed by atoms with Crippen molar-refractivity contribution in [3.05, 3.63) is 53.6 Å². The molecule has 0 unspecified atom stereocenters. The van der Waals surface area contributed by atoms with Crippen LogP contribution in [0.4, 0.5) is 0 Å². The Kier molecular flexibility index (Phi) is 4.35. The van der Waals surface area contributed by atoms with Gasteiger partial charge in [0.15, 0.2) is 0 Å². The van der Waals surface area contributed by atoms with Crippen molar-refractivity contribution in [2.45, 2.75) is 20.4 Å². The van der Waals surface area contributed by atoms with Crippen molar-refractivity contribution in [2.75, 3.05) is 6.61 Å². The molecule has 3 rings (SSSR count). The molecule has 0 atom stereocenters. The summed E-state index contributed by atoms with van der Waals surface area (Å²) >= 11 is 0. The van der Waals surface area contributed by atoms with Gasteiger partial charge >= 0.3 is 5.97 Å². The summed E-state index contributed by atoms with van der Waals surface area (Å²) in [6.45, 7) is 4.97. The molecular weight excluding hydrogens is 300 g/mol. The van der Waals surface area contributed by atoms with E-state index < -0.39 is 5.97 Å². The first kappa shape index (κ1) is 15.8. The van der Waals surface area contributed by atoms with E-state index in [0.29, 0.717) is 0 Å². The zero-order valence-electron chi connectivity index (χ0n) is 13.7. The highest BCUT2D eigenvalue weighted by Gasteiger charge is 2.12. The first-order chi connectivity index (χ1) is 11.7. The SMILES string of the molecule is CCOC(=O)C(C#N)=Cc1ccc2c(c1)c1ccccc1n2CC.